The summed E-state index contributed by atoms with van der Waals surface area (Å²) in [6, 6.07) is 27.0. The molecule has 7 aromatic rings. The second kappa shape index (κ2) is 21.8. The Labute approximate surface area is 418 Å². The highest BCUT2D eigenvalue weighted by Gasteiger charge is 2.39. The molecule has 0 unspecified atom stereocenters. The van der Waals surface area contributed by atoms with Crippen molar-refractivity contribution in [1.82, 2.24) is 0 Å². The van der Waals surface area contributed by atoms with Crippen molar-refractivity contribution in [3.63, 3.8) is 0 Å². The fourth-order valence-corrected chi connectivity index (χ4v) is 12.4. The Balaban J connectivity index is 0.939. The van der Waals surface area contributed by atoms with Crippen LogP contribution in [0.2, 0.25) is 0 Å². The summed E-state index contributed by atoms with van der Waals surface area (Å²) in [7, 11) is 0. The first-order valence-corrected chi connectivity index (χ1v) is 27.4. The van der Waals surface area contributed by atoms with Crippen LogP contribution in [0, 0.1) is 0 Å². The molecule has 2 aliphatic rings. The Kier molecular flexibility index (Phi) is 15.4. The van der Waals surface area contributed by atoms with Gasteiger partial charge >= 0.3 is 0 Å². The normalized spacial score (nSPS) is 13.8. The molecule has 4 amide bonds. The number of hydrogen-bond donors (Lipinski definition) is 0. The van der Waals surface area contributed by atoms with E-state index in [0.29, 0.717) is 53.3 Å². The van der Waals surface area contributed by atoms with Crippen molar-refractivity contribution < 1.29 is 19.2 Å². The Morgan fingerprint density at radius 1 is 0.338 bits per heavy atom. The summed E-state index contributed by atoms with van der Waals surface area (Å²) in [6.07, 6.45) is 27.8. The van der Waals surface area contributed by atoms with E-state index in [1.807, 2.05) is 84.9 Å². The molecule has 8 heteroatoms. The van der Waals surface area contributed by atoms with E-state index < -0.39 is 0 Å². The van der Waals surface area contributed by atoms with Gasteiger partial charge in [-0.15, -0.1) is 0 Å². The molecule has 0 fully saturated rings. The topological polar surface area (TPSA) is 74.8 Å². The van der Waals surface area contributed by atoms with Gasteiger partial charge in [-0.3, -0.25) is 19.2 Å². The van der Waals surface area contributed by atoms with E-state index >= 15 is 0 Å². The van der Waals surface area contributed by atoms with Crippen molar-refractivity contribution in [2.75, 3.05) is 9.80 Å². The van der Waals surface area contributed by atoms with E-state index in [0.717, 1.165) is 58.0 Å². The van der Waals surface area contributed by atoms with Crippen LogP contribution in [-0.2, 0) is 12.8 Å². The quantitative estimate of drug-likeness (QED) is 0.0262. The van der Waals surface area contributed by atoms with Crippen molar-refractivity contribution in [1.29, 1.82) is 0 Å². The molecule has 0 radical (unpaired) electrons. The van der Waals surface area contributed by atoms with Crippen LogP contribution in [0.15, 0.2) is 93.9 Å². The number of anilines is 2. The smallest absolute Gasteiger partial charge is 0.266 e. The van der Waals surface area contributed by atoms with Gasteiger partial charge in [0.25, 0.3) is 23.6 Å². The molecule has 2 aliphatic heterocycles. The van der Waals surface area contributed by atoms with Gasteiger partial charge in [0.2, 0.25) is 0 Å². The number of halogens is 2. The number of fused-ring (bicyclic) bond motifs is 2. The number of hydrogen-bond acceptors (Lipinski definition) is 4. The monoisotopic (exact) mass is 1030 g/mol. The second-order valence-corrected chi connectivity index (χ2v) is 21.2. The maximum absolute atomic E-state index is 14.5. The van der Waals surface area contributed by atoms with Crippen LogP contribution in [0.25, 0.3) is 43.1 Å². The summed E-state index contributed by atoms with van der Waals surface area (Å²) in [5.74, 6) is -1.45. The lowest BCUT2D eigenvalue weighted by Crippen LogP contribution is -2.40. The van der Waals surface area contributed by atoms with Gasteiger partial charge in [-0.2, -0.15) is 0 Å². The highest BCUT2D eigenvalue weighted by atomic mass is 79.9. The van der Waals surface area contributed by atoms with E-state index in [1.165, 1.54) is 137 Å². The molecule has 0 saturated carbocycles. The van der Waals surface area contributed by atoms with Crippen LogP contribution in [0.3, 0.4) is 0 Å². The maximum Gasteiger partial charge on any atom is 0.266 e. The molecule has 6 nitrogen and oxygen atoms in total. The largest absolute Gasteiger partial charge is 0.268 e. The average Bonchev–Trinajstić information content (AvgIpc) is 3.34. The molecule has 0 atom stereocenters. The molecule has 0 saturated heterocycles. The predicted molar refractivity (Wildman–Crippen MR) is 289 cm³/mol. The number of rotatable bonds is 24. The minimum Gasteiger partial charge on any atom is -0.268 e. The molecular weight excluding hydrogens is 972 g/mol. The first kappa shape index (κ1) is 48.1. The molecule has 0 aliphatic carbocycles. The molecule has 0 N–H and O–H groups in total. The van der Waals surface area contributed by atoms with Crippen molar-refractivity contribution in [3.8, 4) is 0 Å². The van der Waals surface area contributed by atoms with E-state index in [9.17, 15) is 19.2 Å². The van der Waals surface area contributed by atoms with Gasteiger partial charge in [-0.05, 0) is 96.1 Å². The zero-order valence-corrected chi connectivity index (χ0v) is 43.1. The lowest BCUT2D eigenvalue weighted by atomic mass is 9.82. The number of amides is 4. The minimum absolute atomic E-state index is 0.358. The predicted octanol–water partition coefficient (Wildman–Crippen LogP) is 17.8. The lowest BCUT2D eigenvalue weighted by molar-refractivity contribution is 0.0877. The first-order valence-electron chi connectivity index (χ1n) is 25.8. The maximum atomic E-state index is 14.5. The summed E-state index contributed by atoms with van der Waals surface area (Å²) >= 11 is 7.75. The average molecular weight is 1040 g/mol. The van der Waals surface area contributed by atoms with E-state index in [1.54, 1.807) is 0 Å². The SMILES string of the molecule is CCCCCCCCCCCCc1ccc(N2C(=O)c3ccc4c5c(Br)cc6c7c(ccc(c8c(Br)cc(c3c48)C2=O)c75)C(=O)N(c2ccc(CCCCCCCCCCCC)cc2)C6=O)cc1. The van der Waals surface area contributed by atoms with E-state index in [2.05, 4.69) is 45.7 Å². The van der Waals surface area contributed by atoms with Gasteiger partial charge in [-0.1, -0.05) is 198 Å². The fraction of sp³-hybridized carbons (Fsp3) is 0.400. The Bertz CT molecular complexity index is 2790. The molecule has 352 valence electrons. The number of imide groups is 2. The minimum atomic E-state index is -0.368. The van der Waals surface area contributed by atoms with Gasteiger partial charge in [0.1, 0.15) is 0 Å². The number of unbranched alkanes of at least 4 members (excludes halogenated alkanes) is 18. The van der Waals surface area contributed by atoms with Gasteiger partial charge in [0, 0.05) is 52.4 Å². The van der Waals surface area contributed by atoms with Crippen molar-refractivity contribution >= 4 is 110 Å². The van der Waals surface area contributed by atoms with Gasteiger partial charge < -0.3 is 0 Å². The number of benzene rings is 7. The third kappa shape index (κ3) is 9.41. The Morgan fingerprint density at radius 3 is 0.985 bits per heavy atom. The molecule has 0 aromatic heterocycles. The summed E-state index contributed by atoms with van der Waals surface area (Å²) < 4.78 is 1.40. The van der Waals surface area contributed by atoms with Gasteiger partial charge in [0.15, 0.2) is 0 Å². The lowest BCUT2D eigenvalue weighted by Gasteiger charge is -2.31. The highest BCUT2D eigenvalue weighted by Crippen LogP contribution is 2.51. The summed E-state index contributed by atoms with van der Waals surface area (Å²) in [4.78, 5) is 60.7. The van der Waals surface area contributed by atoms with Crippen LogP contribution >= 0.6 is 31.9 Å². The number of nitrogens with zero attached hydrogens (tertiary/aromatic N) is 2. The number of carbonyl (C=O) groups is 4. The van der Waals surface area contributed by atoms with Crippen LogP contribution in [-0.4, -0.2) is 23.6 Å². The third-order valence-electron chi connectivity index (χ3n) is 14.8. The molecule has 0 bridgehead atoms. The molecule has 2 heterocycles. The van der Waals surface area contributed by atoms with Crippen molar-refractivity contribution in [3.05, 3.63) is 127 Å². The summed E-state index contributed by atoms with van der Waals surface area (Å²) in [6.45, 7) is 4.52. The van der Waals surface area contributed by atoms with Gasteiger partial charge in [0.05, 0.1) is 22.5 Å². The zero-order chi connectivity index (χ0) is 47.3. The van der Waals surface area contributed by atoms with Crippen LogP contribution in [0.5, 0.6) is 0 Å². The molecular formula is C60H64Br2N2O4. The van der Waals surface area contributed by atoms with Crippen LogP contribution < -0.4 is 9.80 Å². The van der Waals surface area contributed by atoms with Crippen molar-refractivity contribution in [2.45, 2.75) is 155 Å². The molecule has 0 spiro atoms. The summed E-state index contributed by atoms with van der Waals surface area (Å²) in [5, 5.41) is 6.14. The van der Waals surface area contributed by atoms with Gasteiger partial charge in [-0.25, -0.2) is 9.80 Å². The molecule has 7 aromatic carbocycles. The third-order valence-corrected chi connectivity index (χ3v) is 16.0. The fourth-order valence-electron chi connectivity index (χ4n) is 11.1. The Morgan fingerprint density at radius 2 is 0.647 bits per heavy atom. The van der Waals surface area contributed by atoms with Crippen molar-refractivity contribution in [2.24, 2.45) is 0 Å². The first-order chi connectivity index (χ1) is 33.2. The number of carbonyl (C=O) groups excluding carboxylic acids is 4. The Hall–Kier alpha value is -4.92. The van der Waals surface area contributed by atoms with E-state index in [-0.39, 0.29) is 23.6 Å². The number of aryl methyl sites for hydroxylation is 2. The summed E-state index contributed by atoms with van der Waals surface area (Å²) in [5.41, 5.74) is 5.33. The molecule has 68 heavy (non-hydrogen) atoms. The van der Waals surface area contributed by atoms with E-state index in [4.69, 9.17) is 0 Å². The van der Waals surface area contributed by atoms with Crippen LogP contribution in [0.1, 0.15) is 195 Å². The zero-order valence-electron chi connectivity index (χ0n) is 39.9. The standard InChI is InChI=1S/C60H64Br2N2O4/c1-3-5-7-9-11-13-15-17-19-21-23-39-25-29-41(30-26-39)63-57(65)45-35-33-43-54-50(62)38-48-52-46(36-34-44(56(52)54)53-49(61)37-47(59(63)67)51(45)55(43)53)58(66)64(60(48)68)42-31-27-40(28-32-42)24-22-20-18-16-14-12-10-8-6-4-2/h25-38H,3-24H2,1-2H3. The molecule has 9 rings (SSSR count). The second-order valence-electron chi connectivity index (χ2n) is 19.5. The highest BCUT2D eigenvalue weighted by molar-refractivity contribution is 9.11. The van der Waals surface area contributed by atoms with Crippen LogP contribution in [0.4, 0.5) is 11.4 Å².